The van der Waals surface area contributed by atoms with E-state index in [-0.39, 0.29) is 18.4 Å². The maximum absolute atomic E-state index is 12.0. The zero-order valence-corrected chi connectivity index (χ0v) is 9.65. The van der Waals surface area contributed by atoms with Gasteiger partial charge in [0.1, 0.15) is 0 Å². The SMILES string of the molecule is CC(C)C(N)C(=O)N(CCO)C1CCC1. The molecule has 1 fully saturated rings. The van der Waals surface area contributed by atoms with Crippen molar-refractivity contribution in [3.63, 3.8) is 0 Å². The van der Waals surface area contributed by atoms with Crippen molar-refractivity contribution in [3.05, 3.63) is 0 Å². The van der Waals surface area contributed by atoms with E-state index in [9.17, 15) is 4.79 Å². The molecule has 4 heteroatoms. The van der Waals surface area contributed by atoms with E-state index in [2.05, 4.69) is 0 Å². The standard InChI is InChI=1S/C11H22N2O2/c1-8(2)10(12)11(15)13(6-7-14)9-4-3-5-9/h8-10,14H,3-7,12H2,1-2H3. The van der Waals surface area contributed by atoms with Crippen LogP contribution in [0.3, 0.4) is 0 Å². The van der Waals surface area contributed by atoms with Crippen LogP contribution in [0, 0.1) is 5.92 Å². The van der Waals surface area contributed by atoms with Crippen molar-refractivity contribution in [3.8, 4) is 0 Å². The summed E-state index contributed by atoms with van der Waals surface area (Å²) in [4.78, 5) is 13.8. The third-order valence-electron chi connectivity index (χ3n) is 3.14. The minimum Gasteiger partial charge on any atom is -0.395 e. The minimum absolute atomic E-state index is 0.0104. The van der Waals surface area contributed by atoms with Gasteiger partial charge in [-0.05, 0) is 25.2 Å². The highest BCUT2D eigenvalue weighted by atomic mass is 16.3. The van der Waals surface area contributed by atoms with E-state index in [1.54, 1.807) is 4.90 Å². The van der Waals surface area contributed by atoms with Crippen molar-refractivity contribution in [1.82, 2.24) is 4.90 Å². The molecular formula is C11H22N2O2. The summed E-state index contributed by atoms with van der Waals surface area (Å²) in [7, 11) is 0. The van der Waals surface area contributed by atoms with Gasteiger partial charge >= 0.3 is 0 Å². The number of nitrogens with zero attached hydrogens (tertiary/aromatic N) is 1. The molecule has 0 bridgehead atoms. The summed E-state index contributed by atoms with van der Waals surface area (Å²) in [6.07, 6.45) is 3.28. The molecule has 88 valence electrons. The first kappa shape index (κ1) is 12.5. The Kier molecular flexibility index (Phi) is 4.54. The molecule has 1 amide bonds. The van der Waals surface area contributed by atoms with Crippen LogP contribution in [0.25, 0.3) is 0 Å². The largest absolute Gasteiger partial charge is 0.395 e. The second kappa shape index (κ2) is 5.47. The summed E-state index contributed by atoms with van der Waals surface area (Å²) in [5, 5.41) is 8.94. The van der Waals surface area contributed by atoms with Crippen LogP contribution in [0.2, 0.25) is 0 Å². The fourth-order valence-electron chi connectivity index (χ4n) is 1.76. The Labute approximate surface area is 91.4 Å². The molecule has 0 aromatic carbocycles. The van der Waals surface area contributed by atoms with Crippen molar-refractivity contribution in [2.75, 3.05) is 13.2 Å². The lowest BCUT2D eigenvalue weighted by Gasteiger charge is -2.39. The third kappa shape index (κ3) is 2.92. The van der Waals surface area contributed by atoms with Crippen LogP contribution in [0.15, 0.2) is 0 Å². The lowest BCUT2D eigenvalue weighted by molar-refractivity contribution is -0.138. The summed E-state index contributed by atoms with van der Waals surface area (Å²) in [6, 6.07) is -0.119. The smallest absolute Gasteiger partial charge is 0.240 e. The maximum Gasteiger partial charge on any atom is 0.240 e. The number of carbonyl (C=O) groups excluding carboxylic acids is 1. The molecule has 1 aliphatic carbocycles. The Bertz CT molecular complexity index is 215. The van der Waals surface area contributed by atoms with Gasteiger partial charge in [0.25, 0.3) is 0 Å². The van der Waals surface area contributed by atoms with Crippen LogP contribution < -0.4 is 5.73 Å². The molecule has 1 rings (SSSR count). The van der Waals surface area contributed by atoms with Gasteiger partial charge in [0.15, 0.2) is 0 Å². The van der Waals surface area contributed by atoms with Gasteiger partial charge < -0.3 is 15.7 Å². The topological polar surface area (TPSA) is 66.6 Å². The molecular weight excluding hydrogens is 192 g/mol. The van der Waals surface area contributed by atoms with Crippen molar-refractivity contribution in [2.24, 2.45) is 11.7 Å². The van der Waals surface area contributed by atoms with E-state index >= 15 is 0 Å². The summed E-state index contributed by atoms with van der Waals surface area (Å²) in [5.41, 5.74) is 5.83. The van der Waals surface area contributed by atoms with Crippen LogP contribution in [0.1, 0.15) is 33.1 Å². The summed E-state index contributed by atoms with van der Waals surface area (Å²) in [6.45, 7) is 4.33. The highest BCUT2D eigenvalue weighted by Crippen LogP contribution is 2.25. The number of hydrogen-bond acceptors (Lipinski definition) is 3. The third-order valence-corrected chi connectivity index (χ3v) is 3.14. The Balaban J connectivity index is 2.57. The Morgan fingerprint density at radius 2 is 2.13 bits per heavy atom. The van der Waals surface area contributed by atoms with E-state index in [0.717, 1.165) is 12.8 Å². The summed E-state index contributed by atoms with van der Waals surface area (Å²) >= 11 is 0. The first-order valence-electron chi connectivity index (χ1n) is 5.74. The van der Waals surface area contributed by atoms with Gasteiger partial charge in [0.05, 0.1) is 12.6 Å². The lowest BCUT2D eigenvalue weighted by Crippen LogP contribution is -2.53. The van der Waals surface area contributed by atoms with Crippen LogP contribution in [-0.2, 0) is 4.79 Å². The average Bonchev–Trinajstić information content (AvgIpc) is 2.12. The van der Waals surface area contributed by atoms with Crippen LogP contribution >= 0.6 is 0 Å². The molecule has 15 heavy (non-hydrogen) atoms. The Morgan fingerprint density at radius 1 is 1.53 bits per heavy atom. The minimum atomic E-state index is -0.433. The van der Waals surface area contributed by atoms with Gasteiger partial charge in [0.2, 0.25) is 5.91 Å². The highest BCUT2D eigenvalue weighted by Gasteiger charge is 2.31. The van der Waals surface area contributed by atoms with Crippen LogP contribution in [0.4, 0.5) is 0 Å². The number of aliphatic hydroxyl groups is 1. The van der Waals surface area contributed by atoms with Crippen LogP contribution in [0.5, 0.6) is 0 Å². The molecule has 1 atom stereocenters. The first-order chi connectivity index (χ1) is 7.07. The predicted molar refractivity (Wildman–Crippen MR) is 59.3 cm³/mol. The molecule has 0 aromatic heterocycles. The lowest BCUT2D eigenvalue weighted by atomic mass is 9.90. The second-order valence-electron chi connectivity index (χ2n) is 4.61. The van der Waals surface area contributed by atoms with Gasteiger partial charge in [-0.3, -0.25) is 4.79 Å². The zero-order chi connectivity index (χ0) is 11.4. The molecule has 1 aliphatic rings. The molecule has 0 spiro atoms. The molecule has 0 heterocycles. The number of amides is 1. The second-order valence-corrected chi connectivity index (χ2v) is 4.61. The monoisotopic (exact) mass is 214 g/mol. The summed E-state index contributed by atoms with van der Waals surface area (Å²) in [5.74, 6) is 0.141. The van der Waals surface area contributed by atoms with Crippen molar-refractivity contribution in [1.29, 1.82) is 0 Å². The maximum atomic E-state index is 12.0. The predicted octanol–water partition coefficient (Wildman–Crippen LogP) is 0.343. The molecule has 0 aliphatic heterocycles. The number of rotatable bonds is 5. The molecule has 0 aromatic rings. The normalized spacial score (nSPS) is 18.7. The van der Waals surface area contributed by atoms with E-state index in [1.165, 1.54) is 6.42 Å². The molecule has 4 nitrogen and oxygen atoms in total. The van der Waals surface area contributed by atoms with Crippen molar-refractivity contribution >= 4 is 5.91 Å². The zero-order valence-electron chi connectivity index (χ0n) is 9.65. The average molecular weight is 214 g/mol. The van der Waals surface area contributed by atoms with Crippen molar-refractivity contribution < 1.29 is 9.90 Å². The van der Waals surface area contributed by atoms with Gasteiger partial charge in [-0.2, -0.15) is 0 Å². The Morgan fingerprint density at radius 3 is 2.47 bits per heavy atom. The van der Waals surface area contributed by atoms with E-state index in [0.29, 0.717) is 12.6 Å². The van der Waals surface area contributed by atoms with E-state index < -0.39 is 6.04 Å². The Hall–Kier alpha value is -0.610. The number of nitrogens with two attached hydrogens (primary N) is 1. The molecule has 0 radical (unpaired) electrons. The number of carbonyl (C=O) groups is 1. The molecule has 3 N–H and O–H groups in total. The summed E-state index contributed by atoms with van der Waals surface area (Å²) < 4.78 is 0. The quantitative estimate of drug-likeness (QED) is 0.693. The molecule has 1 unspecified atom stereocenters. The highest BCUT2D eigenvalue weighted by molar-refractivity contribution is 5.82. The van der Waals surface area contributed by atoms with Gasteiger partial charge in [0, 0.05) is 12.6 Å². The van der Waals surface area contributed by atoms with Gasteiger partial charge in [-0.1, -0.05) is 13.8 Å². The first-order valence-corrected chi connectivity index (χ1v) is 5.74. The van der Waals surface area contributed by atoms with Crippen molar-refractivity contribution in [2.45, 2.75) is 45.2 Å². The molecule has 1 saturated carbocycles. The molecule has 0 saturated heterocycles. The van der Waals surface area contributed by atoms with Crippen LogP contribution in [-0.4, -0.2) is 41.1 Å². The number of aliphatic hydroxyl groups excluding tert-OH is 1. The van der Waals surface area contributed by atoms with E-state index in [1.807, 2.05) is 13.8 Å². The fourth-order valence-corrected chi connectivity index (χ4v) is 1.76. The van der Waals surface area contributed by atoms with E-state index in [4.69, 9.17) is 10.8 Å². The number of hydrogen-bond donors (Lipinski definition) is 2. The van der Waals surface area contributed by atoms with Gasteiger partial charge in [-0.25, -0.2) is 0 Å². The fraction of sp³-hybridized carbons (Fsp3) is 0.909. The van der Waals surface area contributed by atoms with Gasteiger partial charge in [-0.15, -0.1) is 0 Å².